The molecule has 0 radical (unpaired) electrons. The van der Waals surface area contributed by atoms with E-state index in [4.69, 9.17) is 4.74 Å². The van der Waals surface area contributed by atoms with E-state index in [0.29, 0.717) is 11.6 Å². The molecule has 2 aromatic carbocycles. The molecule has 1 aliphatic rings. The van der Waals surface area contributed by atoms with Crippen molar-refractivity contribution in [3.63, 3.8) is 0 Å². The molecule has 0 spiro atoms. The highest BCUT2D eigenvalue weighted by molar-refractivity contribution is 5.94. The van der Waals surface area contributed by atoms with Crippen LogP contribution in [0.25, 0.3) is 0 Å². The van der Waals surface area contributed by atoms with Crippen molar-refractivity contribution >= 4 is 23.5 Å². The largest absolute Gasteiger partial charge is 0.480 e. The number of hydrogen-bond acceptors (Lipinski definition) is 4. The zero-order valence-corrected chi connectivity index (χ0v) is 19.3. The lowest BCUT2D eigenvalue weighted by Crippen LogP contribution is -2.51. The van der Waals surface area contributed by atoms with Crippen LogP contribution >= 0.6 is 0 Å². The fourth-order valence-electron chi connectivity index (χ4n) is 4.22. The van der Waals surface area contributed by atoms with Crippen LogP contribution in [0.2, 0.25) is 0 Å². The van der Waals surface area contributed by atoms with E-state index in [1.807, 2.05) is 54.6 Å². The van der Waals surface area contributed by atoms with Crippen molar-refractivity contribution in [2.75, 3.05) is 12.4 Å². The Labute approximate surface area is 194 Å². The van der Waals surface area contributed by atoms with Gasteiger partial charge in [-0.1, -0.05) is 42.5 Å². The zero-order chi connectivity index (χ0) is 24.0. The van der Waals surface area contributed by atoms with Gasteiger partial charge in [-0.25, -0.2) is 4.79 Å². The molecule has 1 saturated carbocycles. The topological polar surface area (TPSA) is 105 Å². The molecule has 1 unspecified atom stereocenters. The number of rotatable bonds is 8. The summed E-state index contributed by atoms with van der Waals surface area (Å²) in [5, 5.41) is 14.8. The third-order valence-electron chi connectivity index (χ3n) is 6.29. The second-order valence-corrected chi connectivity index (χ2v) is 9.11. The number of hydrogen-bond donors (Lipinski definition) is 3. The third-order valence-corrected chi connectivity index (χ3v) is 6.29. The SMILES string of the molecule is COC(C(=O)Nc1ccc(C2CCC(C(=O)NC(C)(C)C(=O)O)CC2)cc1)c1ccccc1. The van der Waals surface area contributed by atoms with Crippen molar-refractivity contribution in [3.8, 4) is 0 Å². The van der Waals surface area contributed by atoms with Gasteiger partial charge in [-0.15, -0.1) is 0 Å². The molecule has 0 bridgehead atoms. The van der Waals surface area contributed by atoms with Crippen molar-refractivity contribution < 1.29 is 24.2 Å². The Kier molecular flexibility index (Phi) is 7.87. The van der Waals surface area contributed by atoms with Crippen LogP contribution in [0.15, 0.2) is 54.6 Å². The van der Waals surface area contributed by atoms with E-state index in [0.717, 1.165) is 31.2 Å². The van der Waals surface area contributed by atoms with Gasteiger partial charge in [0.25, 0.3) is 5.91 Å². The minimum atomic E-state index is -1.27. The summed E-state index contributed by atoms with van der Waals surface area (Å²) in [6, 6.07) is 17.1. The molecule has 3 N–H and O–H groups in total. The summed E-state index contributed by atoms with van der Waals surface area (Å²) in [5.74, 6) is -1.29. The Balaban J connectivity index is 1.54. The number of carbonyl (C=O) groups excluding carboxylic acids is 2. The number of aliphatic carboxylic acids is 1. The smallest absolute Gasteiger partial charge is 0.328 e. The van der Waals surface area contributed by atoms with Crippen molar-refractivity contribution in [2.45, 2.75) is 57.1 Å². The second-order valence-electron chi connectivity index (χ2n) is 9.11. The van der Waals surface area contributed by atoms with Gasteiger partial charge in [0, 0.05) is 18.7 Å². The summed E-state index contributed by atoms with van der Waals surface area (Å²) in [6.45, 7) is 2.99. The molecular weight excluding hydrogens is 420 g/mol. The van der Waals surface area contributed by atoms with Crippen molar-refractivity contribution in [3.05, 3.63) is 65.7 Å². The van der Waals surface area contributed by atoms with Gasteiger partial charge in [-0.05, 0) is 68.7 Å². The Bertz CT molecular complexity index is 964. The highest BCUT2D eigenvalue weighted by Gasteiger charge is 2.34. The molecule has 1 atom stereocenters. The van der Waals surface area contributed by atoms with Crippen LogP contribution in [-0.2, 0) is 19.1 Å². The van der Waals surface area contributed by atoms with Gasteiger partial charge in [0.2, 0.25) is 5.91 Å². The molecule has 33 heavy (non-hydrogen) atoms. The number of nitrogens with one attached hydrogen (secondary N) is 2. The van der Waals surface area contributed by atoms with Crippen molar-refractivity contribution in [1.82, 2.24) is 5.32 Å². The molecule has 0 aliphatic heterocycles. The number of methoxy groups -OCH3 is 1. The number of amides is 2. The lowest BCUT2D eigenvalue weighted by Gasteiger charge is -2.30. The summed E-state index contributed by atoms with van der Waals surface area (Å²) >= 11 is 0. The molecule has 1 aliphatic carbocycles. The summed E-state index contributed by atoms with van der Waals surface area (Å²) in [4.78, 5) is 36.4. The van der Waals surface area contributed by atoms with E-state index in [9.17, 15) is 19.5 Å². The maximum Gasteiger partial charge on any atom is 0.328 e. The van der Waals surface area contributed by atoms with Crippen LogP contribution in [0.3, 0.4) is 0 Å². The predicted molar refractivity (Wildman–Crippen MR) is 126 cm³/mol. The summed E-state index contributed by atoms with van der Waals surface area (Å²) in [7, 11) is 1.51. The first kappa shape index (κ1) is 24.5. The van der Waals surface area contributed by atoms with E-state index in [2.05, 4.69) is 10.6 Å². The summed E-state index contributed by atoms with van der Waals surface area (Å²) in [6.07, 6.45) is 2.47. The predicted octanol–water partition coefficient (Wildman–Crippen LogP) is 4.27. The molecule has 3 rings (SSSR count). The van der Waals surface area contributed by atoms with Gasteiger partial charge in [0.05, 0.1) is 0 Å². The van der Waals surface area contributed by atoms with Gasteiger partial charge in [0.15, 0.2) is 6.10 Å². The maximum atomic E-state index is 12.7. The Morgan fingerprint density at radius 2 is 1.58 bits per heavy atom. The molecule has 2 amide bonds. The van der Waals surface area contributed by atoms with Gasteiger partial charge >= 0.3 is 5.97 Å². The van der Waals surface area contributed by atoms with E-state index < -0.39 is 17.6 Å². The first-order valence-electron chi connectivity index (χ1n) is 11.2. The van der Waals surface area contributed by atoms with E-state index in [1.54, 1.807) is 0 Å². The number of benzene rings is 2. The maximum absolute atomic E-state index is 12.7. The van der Waals surface area contributed by atoms with Crippen LogP contribution in [0.4, 0.5) is 5.69 Å². The Morgan fingerprint density at radius 1 is 0.970 bits per heavy atom. The highest BCUT2D eigenvalue weighted by Crippen LogP contribution is 2.36. The number of carboxylic acids is 1. The second kappa shape index (κ2) is 10.6. The van der Waals surface area contributed by atoms with Gasteiger partial charge in [-0.3, -0.25) is 9.59 Å². The van der Waals surface area contributed by atoms with Gasteiger partial charge in [-0.2, -0.15) is 0 Å². The first-order valence-corrected chi connectivity index (χ1v) is 11.2. The summed E-state index contributed by atoms with van der Waals surface area (Å²) < 4.78 is 5.38. The third kappa shape index (κ3) is 6.20. The van der Waals surface area contributed by atoms with Crippen LogP contribution in [0.1, 0.15) is 62.7 Å². The highest BCUT2D eigenvalue weighted by atomic mass is 16.5. The van der Waals surface area contributed by atoms with E-state index in [-0.39, 0.29) is 17.7 Å². The standard InChI is InChI=1S/C26H32N2O5/c1-26(2,25(31)32)28-23(29)20-11-9-17(10-12-20)18-13-15-21(16-14-18)27-24(30)22(33-3)19-7-5-4-6-8-19/h4-8,13-17,20,22H,9-12H2,1-3H3,(H,27,30)(H,28,29)(H,31,32). The fraction of sp³-hybridized carbons (Fsp3) is 0.423. The molecule has 1 fully saturated rings. The average Bonchev–Trinajstić information content (AvgIpc) is 2.80. The molecule has 0 aromatic heterocycles. The molecule has 0 saturated heterocycles. The number of ether oxygens (including phenoxy) is 1. The zero-order valence-electron chi connectivity index (χ0n) is 19.3. The normalized spacial score (nSPS) is 19.4. The van der Waals surface area contributed by atoms with Crippen LogP contribution in [0.5, 0.6) is 0 Å². The van der Waals surface area contributed by atoms with Crippen LogP contribution < -0.4 is 10.6 Å². The van der Waals surface area contributed by atoms with Crippen LogP contribution in [-0.4, -0.2) is 35.5 Å². The van der Waals surface area contributed by atoms with Gasteiger partial charge < -0.3 is 20.5 Å². The quantitative estimate of drug-likeness (QED) is 0.555. The monoisotopic (exact) mass is 452 g/mol. The molecule has 7 heteroatoms. The first-order chi connectivity index (χ1) is 15.7. The molecule has 7 nitrogen and oxygen atoms in total. The lowest BCUT2D eigenvalue weighted by atomic mass is 9.78. The number of carbonyl (C=O) groups is 3. The van der Waals surface area contributed by atoms with Crippen molar-refractivity contribution in [2.24, 2.45) is 5.92 Å². The van der Waals surface area contributed by atoms with Gasteiger partial charge in [0.1, 0.15) is 5.54 Å². The fourth-order valence-corrected chi connectivity index (χ4v) is 4.22. The Morgan fingerprint density at radius 3 is 2.12 bits per heavy atom. The van der Waals surface area contributed by atoms with E-state index >= 15 is 0 Å². The Hall–Kier alpha value is -3.19. The minimum Gasteiger partial charge on any atom is -0.480 e. The summed E-state index contributed by atoms with van der Waals surface area (Å²) in [5.41, 5.74) is 1.40. The molecule has 2 aromatic rings. The number of anilines is 1. The molecular formula is C26H32N2O5. The van der Waals surface area contributed by atoms with E-state index in [1.165, 1.54) is 26.5 Å². The van der Waals surface area contributed by atoms with Crippen molar-refractivity contribution in [1.29, 1.82) is 0 Å². The van der Waals surface area contributed by atoms with Crippen LogP contribution in [0, 0.1) is 5.92 Å². The molecule has 0 heterocycles. The molecule has 176 valence electrons. The lowest BCUT2D eigenvalue weighted by molar-refractivity contribution is -0.146. The minimum absolute atomic E-state index is 0.164. The average molecular weight is 453 g/mol. The number of carboxylic acid groups (broad SMARTS) is 1.